The minimum atomic E-state index is -0.277. The van der Waals surface area contributed by atoms with Crippen molar-refractivity contribution in [1.82, 2.24) is 5.32 Å². The molecule has 6 nitrogen and oxygen atoms in total. The molecule has 0 bridgehead atoms. The van der Waals surface area contributed by atoms with Crippen molar-refractivity contribution >= 4 is 23.2 Å². The number of methoxy groups -OCH3 is 1. The summed E-state index contributed by atoms with van der Waals surface area (Å²) in [6.07, 6.45) is 3.24. The first kappa shape index (κ1) is 26.3. The normalized spacial score (nSPS) is 13.9. The molecule has 1 aliphatic heterocycles. The van der Waals surface area contributed by atoms with Gasteiger partial charge in [0.25, 0.3) is 11.8 Å². The fourth-order valence-electron chi connectivity index (χ4n) is 4.82. The first-order valence-electron chi connectivity index (χ1n) is 13.1. The molecule has 1 fully saturated rings. The van der Waals surface area contributed by atoms with E-state index in [0.29, 0.717) is 40.9 Å². The molecule has 0 saturated carbocycles. The highest BCUT2D eigenvalue weighted by Crippen LogP contribution is 2.30. The van der Waals surface area contributed by atoms with E-state index >= 15 is 0 Å². The van der Waals surface area contributed by atoms with Crippen molar-refractivity contribution in [2.45, 2.75) is 33.1 Å². The number of hydrogen-bond acceptors (Lipinski definition) is 4. The van der Waals surface area contributed by atoms with Gasteiger partial charge in [0, 0.05) is 31.0 Å². The second-order valence-corrected chi connectivity index (χ2v) is 10.1. The minimum Gasteiger partial charge on any atom is -0.496 e. The summed E-state index contributed by atoms with van der Waals surface area (Å²) in [5.41, 5.74) is 3.90. The molecule has 37 heavy (non-hydrogen) atoms. The van der Waals surface area contributed by atoms with Crippen LogP contribution in [0.4, 0.5) is 11.4 Å². The number of piperidine rings is 1. The van der Waals surface area contributed by atoms with Gasteiger partial charge in [-0.3, -0.25) is 9.59 Å². The van der Waals surface area contributed by atoms with Crippen LogP contribution in [0.3, 0.4) is 0 Å². The Morgan fingerprint density at radius 2 is 1.62 bits per heavy atom. The molecule has 2 amide bonds. The Kier molecular flexibility index (Phi) is 8.83. The Morgan fingerprint density at radius 3 is 2.32 bits per heavy atom. The number of amides is 2. The minimum absolute atomic E-state index is 0.122. The number of nitrogens with one attached hydrogen (secondary N) is 2. The molecule has 4 rings (SSSR count). The number of carbonyl (C=O) groups excluding carboxylic acids is 2. The van der Waals surface area contributed by atoms with E-state index in [2.05, 4.69) is 59.7 Å². The SMILES string of the molecule is COc1ccccc1C(=O)Nc1ccc(N2CCC(Cc3ccccc3)CC2)c(C(=O)NCC(C)C)c1. The van der Waals surface area contributed by atoms with Gasteiger partial charge in [-0.1, -0.05) is 56.3 Å². The summed E-state index contributed by atoms with van der Waals surface area (Å²) in [5.74, 6) is 1.08. The molecule has 0 radical (unpaired) electrons. The van der Waals surface area contributed by atoms with E-state index in [1.807, 2.05) is 18.2 Å². The van der Waals surface area contributed by atoms with Crippen LogP contribution in [-0.4, -0.2) is 38.6 Å². The van der Waals surface area contributed by atoms with Crippen LogP contribution >= 0.6 is 0 Å². The van der Waals surface area contributed by atoms with E-state index in [4.69, 9.17) is 4.74 Å². The highest BCUT2D eigenvalue weighted by Gasteiger charge is 2.24. The Hall–Kier alpha value is -3.80. The molecule has 3 aromatic carbocycles. The van der Waals surface area contributed by atoms with Crippen LogP contribution in [0, 0.1) is 11.8 Å². The van der Waals surface area contributed by atoms with Crippen molar-refractivity contribution in [1.29, 1.82) is 0 Å². The van der Waals surface area contributed by atoms with Gasteiger partial charge in [0.15, 0.2) is 0 Å². The van der Waals surface area contributed by atoms with Gasteiger partial charge in [0.1, 0.15) is 5.75 Å². The molecule has 2 N–H and O–H groups in total. The molecule has 1 saturated heterocycles. The van der Waals surface area contributed by atoms with Crippen LogP contribution in [0.1, 0.15) is 53.0 Å². The summed E-state index contributed by atoms with van der Waals surface area (Å²) in [5, 5.41) is 5.99. The maximum Gasteiger partial charge on any atom is 0.259 e. The maximum atomic E-state index is 13.3. The summed E-state index contributed by atoms with van der Waals surface area (Å²) < 4.78 is 5.33. The molecular weight excluding hydrogens is 462 g/mol. The zero-order chi connectivity index (χ0) is 26.2. The first-order chi connectivity index (χ1) is 17.9. The van der Waals surface area contributed by atoms with E-state index in [1.54, 1.807) is 31.4 Å². The zero-order valence-electron chi connectivity index (χ0n) is 22.0. The number of hydrogen-bond donors (Lipinski definition) is 2. The average molecular weight is 500 g/mol. The van der Waals surface area contributed by atoms with Gasteiger partial charge in [-0.25, -0.2) is 0 Å². The van der Waals surface area contributed by atoms with E-state index in [0.717, 1.165) is 38.0 Å². The van der Waals surface area contributed by atoms with Gasteiger partial charge in [-0.2, -0.15) is 0 Å². The molecule has 1 heterocycles. The third kappa shape index (κ3) is 6.91. The van der Waals surface area contributed by atoms with Gasteiger partial charge in [-0.15, -0.1) is 0 Å². The molecule has 6 heteroatoms. The summed E-state index contributed by atoms with van der Waals surface area (Å²) in [6, 6.07) is 23.4. The maximum absolute atomic E-state index is 13.3. The number of benzene rings is 3. The van der Waals surface area contributed by atoms with Crippen LogP contribution in [-0.2, 0) is 6.42 Å². The fourth-order valence-corrected chi connectivity index (χ4v) is 4.82. The van der Waals surface area contributed by atoms with Crippen molar-refractivity contribution in [3.8, 4) is 5.75 Å². The monoisotopic (exact) mass is 499 g/mol. The predicted molar refractivity (Wildman–Crippen MR) is 150 cm³/mol. The Morgan fingerprint density at radius 1 is 0.919 bits per heavy atom. The average Bonchev–Trinajstić information content (AvgIpc) is 2.92. The predicted octanol–water partition coefficient (Wildman–Crippen LogP) is 5.79. The molecule has 0 unspecified atom stereocenters. The van der Waals surface area contributed by atoms with Gasteiger partial charge >= 0.3 is 0 Å². The number of nitrogens with zero attached hydrogens (tertiary/aromatic N) is 1. The lowest BCUT2D eigenvalue weighted by Crippen LogP contribution is -2.36. The molecule has 0 aliphatic carbocycles. The Bertz CT molecular complexity index is 1200. The third-order valence-corrected chi connectivity index (χ3v) is 6.84. The summed E-state index contributed by atoms with van der Waals surface area (Å²) in [7, 11) is 1.54. The van der Waals surface area contributed by atoms with Gasteiger partial charge < -0.3 is 20.3 Å². The smallest absolute Gasteiger partial charge is 0.259 e. The second-order valence-electron chi connectivity index (χ2n) is 10.1. The van der Waals surface area contributed by atoms with Crippen molar-refractivity contribution in [2.24, 2.45) is 11.8 Å². The lowest BCUT2D eigenvalue weighted by Gasteiger charge is -2.35. The number of carbonyl (C=O) groups is 2. The molecule has 0 spiro atoms. The molecule has 194 valence electrons. The first-order valence-corrected chi connectivity index (χ1v) is 13.1. The summed E-state index contributed by atoms with van der Waals surface area (Å²) >= 11 is 0. The number of rotatable bonds is 9. The lowest BCUT2D eigenvalue weighted by atomic mass is 9.89. The molecular formula is C31H37N3O3. The molecule has 1 aliphatic rings. The quantitative estimate of drug-likeness (QED) is 0.391. The zero-order valence-corrected chi connectivity index (χ0v) is 22.0. The van der Waals surface area contributed by atoms with Gasteiger partial charge in [0.05, 0.1) is 18.2 Å². The van der Waals surface area contributed by atoms with Gasteiger partial charge in [0.2, 0.25) is 0 Å². The second kappa shape index (κ2) is 12.4. The molecule has 0 aromatic heterocycles. The van der Waals surface area contributed by atoms with E-state index < -0.39 is 0 Å². The number of ether oxygens (including phenoxy) is 1. The van der Waals surface area contributed by atoms with Crippen molar-refractivity contribution in [3.63, 3.8) is 0 Å². The lowest BCUT2D eigenvalue weighted by molar-refractivity contribution is 0.0948. The third-order valence-electron chi connectivity index (χ3n) is 6.84. The van der Waals surface area contributed by atoms with Crippen molar-refractivity contribution in [3.05, 3.63) is 89.5 Å². The van der Waals surface area contributed by atoms with Crippen molar-refractivity contribution in [2.75, 3.05) is 37.0 Å². The standard InChI is InChI=1S/C31H37N3O3/c1-22(2)21-32-30(35)27-20-25(33-31(36)26-11-7-8-12-29(26)37-3)13-14-28(27)34-17-15-24(16-18-34)19-23-9-5-4-6-10-23/h4-14,20,22,24H,15-19,21H2,1-3H3,(H,32,35)(H,33,36). The number of anilines is 2. The Balaban J connectivity index is 1.51. The van der Waals surface area contributed by atoms with Crippen LogP contribution < -0.4 is 20.3 Å². The number of para-hydroxylation sites is 1. The van der Waals surface area contributed by atoms with E-state index in [9.17, 15) is 9.59 Å². The largest absolute Gasteiger partial charge is 0.496 e. The summed E-state index contributed by atoms with van der Waals surface area (Å²) in [4.78, 5) is 28.5. The highest BCUT2D eigenvalue weighted by atomic mass is 16.5. The topological polar surface area (TPSA) is 70.7 Å². The molecule has 0 atom stereocenters. The fraction of sp³-hybridized carbons (Fsp3) is 0.355. The van der Waals surface area contributed by atoms with Crippen LogP contribution in [0.15, 0.2) is 72.8 Å². The highest BCUT2D eigenvalue weighted by molar-refractivity contribution is 6.07. The van der Waals surface area contributed by atoms with Crippen molar-refractivity contribution < 1.29 is 14.3 Å². The van der Waals surface area contributed by atoms with Crippen LogP contribution in [0.2, 0.25) is 0 Å². The summed E-state index contributed by atoms with van der Waals surface area (Å²) in [6.45, 7) is 6.53. The van der Waals surface area contributed by atoms with Crippen LogP contribution in [0.5, 0.6) is 5.75 Å². The Labute approximate surface area is 220 Å². The van der Waals surface area contributed by atoms with E-state index in [1.165, 1.54) is 5.56 Å². The molecule has 3 aromatic rings. The van der Waals surface area contributed by atoms with Crippen LogP contribution in [0.25, 0.3) is 0 Å². The van der Waals surface area contributed by atoms with E-state index in [-0.39, 0.29) is 11.8 Å². The van der Waals surface area contributed by atoms with Gasteiger partial charge in [-0.05, 0) is 67.0 Å².